The van der Waals surface area contributed by atoms with E-state index in [4.69, 9.17) is 4.74 Å². The quantitative estimate of drug-likeness (QED) is 0.835. The van der Waals surface area contributed by atoms with Crippen molar-refractivity contribution in [2.45, 2.75) is 24.7 Å². The van der Waals surface area contributed by atoms with Crippen LogP contribution in [0.15, 0.2) is 24.3 Å². The maximum Gasteiger partial charge on any atom is 0.230 e. The Morgan fingerprint density at radius 3 is 2.85 bits per heavy atom. The lowest BCUT2D eigenvalue weighted by atomic mass is 10.0. The molecule has 110 valence electrons. The zero-order valence-electron chi connectivity index (χ0n) is 11.7. The van der Waals surface area contributed by atoms with Crippen molar-refractivity contribution >= 4 is 17.7 Å². The molecule has 0 saturated carbocycles. The third-order valence-corrected chi connectivity index (χ3v) is 4.32. The minimum Gasteiger partial charge on any atom is -0.386 e. The molecule has 2 N–H and O–H groups in total. The summed E-state index contributed by atoms with van der Waals surface area (Å²) in [6.07, 6.45) is 0.587. The molecular formula is C15H21NO3S. The average Bonchev–Trinajstić information content (AvgIpc) is 2.86. The van der Waals surface area contributed by atoms with E-state index in [1.165, 1.54) is 11.1 Å². The van der Waals surface area contributed by atoms with Gasteiger partial charge in [0, 0.05) is 25.3 Å². The second-order valence-corrected chi connectivity index (χ2v) is 6.27. The van der Waals surface area contributed by atoms with Crippen molar-refractivity contribution in [1.82, 2.24) is 5.32 Å². The summed E-state index contributed by atoms with van der Waals surface area (Å²) in [6.45, 7) is 3.21. The molecule has 0 radical (unpaired) electrons. The summed E-state index contributed by atoms with van der Waals surface area (Å²) < 4.78 is 5.13. The lowest BCUT2D eigenvalue weighted by Crippen LogP contribution is -2.43. The Bertz CT molecular complexity index is 441. The van der Waals surface area contributed by atoms with Crippen molar-refractivity contribution in [2.24, 2.45) is 0 Å². The topological polar surface area (TPSA) is 58.6 Å². The molecule has 0 aliphatic carbocycles. The fourth-order valence-electron chi connectivity index (χ4n) is 2.00. The highest BCUT2D eigenvalue weighted by atomic mass is 32.2. The van der Waals surface area contributed by atoms with Crippen molar-refractivity contribution in [1.29, 1.82) is 0 Å². The van der Waals surface area contributed by atoms with Crippen LogP contribution in [0.1, 0.15) is 17.5 Å². The molecule has 20 heavy (non-hydrogen) atoms. The number of thioether (sulfide) groups is 1. The summed E-state index contributed by atoms with van der Waals surface area (Å²) in [5.74, 6) is 1.19. The third-order valence-electron chi connectivity index (χ3n) is 3.32. The van der Waals surface area contributed by atoms with Gasteiger partial charge in [-0.05, 0) is 12.5 Å². The lowest BCUT2D eigenvalue weighted by Gasteiger charge is -2.20. The Kier molecular flexibility index (Phi) is 5.46. The zero-order chi connectivity index (χ0) is 14.4. The van der Waals surface area contributed by atoms with Crippen LogP contribution in [-0.4, -0.2) is 42.1 Å². The van der Waals surface area contributed by atoms with E-state index in [9.17, 15) is 9.90 Å². The first-order valence-corrected chi connectivity index (χ1v) is 7.93. The largest absolute Gasteiger partial charge is 0.386 e. The maximum absolute atomic E-state index is 11.7. The first-order chi connectivity index (χ1) is 9.57. The van der Waals surface area contributed by atoms with Crippen LogP contribution in [0.3, 0.4) is 0 Å². The van der Waals surface area contributed by atoms with Gasteiger partial charge in [0.05, 0.1) is 12.4 Å². The van der Waals surface area contributed by atoms with Gasteiger partial charge < -0.3 is 15.2 Å². The minimum absolute atomic E-state index is 0.0394. The van der Waals surface area contributed by atoms with Crippen molar-refractivity contribution in [3.63, 3.8) is 0 Å². The molecular weight excluding hydrogens is 274 g/mol. The molecule has 4 nitrogen and oxygen atoms in total. The number of aliphatic hydroxyl groups is 1. The minimum atomic E-state index is -0.878. The number of nitrogens with one attached hydrogen (secondary N) is 1. The van der Waals surface area contributed by atoms with Gasteiger partial charge >= 0.3 is 0 Å². The molecule has 5 heteroatoms. The molecule has 1 aliphatic heterocycles. The number of carbonyl (C=O) groups excluding carboxylic acids is 1. The number of benzene rings is 1. The molecule has 2 rings (SSSR count). The summed E-state index contributed by atoms with van der Waals surface area (Å²) in [6, 6.07) is 8.31. The van der Waals surface area contributed by atoms with Crippen LogP contribution in [0, 0.1) is 6.92 Å². The SMILES string of the molecule is Cc1ccc(CSCC(=O)NCC2(O)CCOC2)cc1. The monoisotopic (exact) mass is 295 g/mol. The highest BCUT2D eigenvalue weighted by Gasteiger charge is 2.32. The maximum atomic E-state index is 11.7. The molecule has 1 unspecified atom stereocenters. The Balaban J connectivity index is 1.64. The Morgan fingerprint density at radius 1 is 1.45 bits per heavy atom. The van der Waals surface area contributed by atoms with Crippen LogP contribution < -0.4 is 5.32 Å². The van der Waals surface area contributed by atoms with E-state index in [1.54, 1.807) is 11.8 Å². The summed E-state index contributed by atoms with van der Waals surface area (Å²) >= 11 is 1.58. The van der Waals surface area contributed by atoms with Gasteiger partial charge in [-0.3, -0.25) is 4.79 Å². The normalized spacial score (nSPS) is 21.9. The van der Waals surface area contributed by atoms with E-state index in [2.05, 4.69) is 36.5 Å². The fourth-order valence-corrected chi connectivity index (χ4v) is 2.81. The molecule has 1 aliphatic rings. The van der Waals surface area contributed by atoms with Gasteiger partial charge in [-0.25, -0.2) is 0 Å². The standard InChI is InChI=1S/C15H21NO3S/c1-12-2-4-13(5-3-12)8-20-9-14(17)16-10-15(18)6-7-19-11-15/h2-5,18H,6-11H2,1H3,(H,16,17). The number of rotatable bonds is 6. The predicted molar refractivity (Wildman–Crippen MR) is 80.7 cm³/mol. The first kappa shape index (κ1) is 15.4. The molecule has 1 atom stereocenters. The highest BCUT2D eigenvalue weighted by Crippen LogP contribution is 2.17. The summed E-state index contributed by atoms with van der Waals surface area (Å²) in [5.41, 5.74) is 1.58. The summed E-state index contributed by atoms with van der Waals surface area (Å²) in [7, 11) is 0. The smallest absolute Gasteiger partial charge is 0.230 e. The van der Waals surface area contributed by atoms with Gasteiger partial charge in [0.2, 0.25) is 5.91 Å². The fraction of sp³-hybridized carbons (Fsp3) is 0.533. The van der Waals surface area contributed by atoms with Gasteiger partial charge in [0.25, 0.3) is 0 Å². The van der Waals surface area contributed by atoms with Crippen molar-refractivity contribution < 1.29 is 14.6 Å². The van der Waals surface area contributed by atoms with E-state index >= 15 is 0 Å². The second kappa shape index (κ2) is 7.11. The third kappa shape index (κ3) is 4.81. The van der Waals surface area contributed by atoms with Gasteiger partial charge in [0.1, 0.15) is 5.60 Å². The Morgan fingerprint density at radius 2 is 2.20 bits per heavy atom. The second-order valence-electron chi connectivity index (χ2n) is 5.28. The number of aryl methyl sites for hydroxylation is 1. The molecule has 1 aromatic rings. The Labute approximate surface area is 123 Å². The van der Waals surface area contributed by atoms with Gasteiger partial charge in [0.15, 0.2) is 0 Å². The van der Waals surface area contributed by atoms with Crippen molar-refractivity contribution in [3.8, 4) is 0 Å². The molecule has 0 spiro atoms. The van der Waals surface area contributed by atoms with E-state index in [0.717, 1.165) is 5.75 Å². The van der Waals surface area contributed by atoms with E-state index < -0.39 is 5.60 Å². The van der Waals surface area contributed by atoms with Crippen LogP contribution in [0.4, 0.5) is 0 Å². The van der Waals surface area contributed by atoms with Crippen LogP contribution in [-0.2, 0) is 15.3 Å². The number of hydrogen-bond donors (Lipinski definition) is 2. The van der Waals surface area contributed by atoms with Crippen LogP contribution >= 0.6 is 11.8 Å². The zero-order valence-corrected chi connectivity index (χ0v) is 12.5. The number of hydrogen-bond acceptors (Lipinski definition) is 4. The average molecular weight is 295 g/mol. The molecule has 1 saturated heterocycles. The van der Waals surface area contributed by atoms with Crippen LogP contribution in [0.5, 0.6) is 0 Å². The number of ether oxygens (including phenoxy) is 1. The van der Waals surface area contributed by atoms with Gasteiger partial charge in [-0.1, -0.05) is 29.8 Å². The number of amides is 1. The number of carbonyl (C=O) groups is 1. The van der Waals surface area contributed by atoms with Crippen molar-refractivity contribution in [3.05, 3.63) is 35.4 Å². The van der Waals surface area contributed by atoms with Crippen molar-refractivity contribution in [2.75, 3.05) is 25.5 Å². The highest BCUT2D eigenvalue weighted by molar-refractivity contribution is 7.99. The molecule has 1 amide bonds. The molecule has 0 aromatic heterocycles. The van der Waals surface area contributed by atoms with Gasteiger partial charge in [-0.2, -0.15) is 0 Å². The van der Waals surface area contributed by atoms with Crippen LogP contribution in [0.2, 0.25) is 0 Å². The molecule has 1 aromatic carbocycles. The van der Waals surface area contributed by atoms with Crippen LogP contribution in [0.25, 0.3) is 0 Å². The predicted octanol–water partition coefficient (Wildman–Crippen LogP) is 1.50. The van der Waals surface area contributed by atoms with E-state index in [-0.39, 0.29) is 12.5 Å². The van der Waals surface area contributed by atoms with E-state index in [0.29, 0.717) is 25.4 Å². The summed E-state index contributed by atoms with van der Waals surface area (Å²) in [4.78, 5) is 11.7. The molecule has 1 fully saturated rings. The summed E-state index contributed by atoms with van der Waals surface area (Å²) in [5, 5.41) is 12.8. The molecule has 0 bridgehead atoms. The Hall–Kier alpha value is -1.04. The van der Waals surface area contributed by atoms with Gasteiger partial charge in [-0.15, -0.1) is 11.8 Å². The molecule has 1 heterocycles. The van der Waals surface area contributed by atoms with E-state index in [1.807, 2.05) is 0 Å². The lowest BCUT2D eigenvalue weighted by molar-refractivity contribution is -0.119. The first-order valence-electron chi connectivity index (χ1n) is 6.78.